The summed E-state index contributed by atoms with van der Waals surface area (Å²) in [6, 6.07) is 20.9. The van der Waals surface area contributed by atoms with E-state index in [2.05, 4.69) is 15.7 Å². The van der Waals surface area contributed by atoms with Crippen molar-refractivity contribution in [1.29, 1.82) is 0 Å². The highest BCUT2D eigenvalue weighted by Crippen LogP contribution is 2.23. The molecule has 1 heterocycles. The minimum atomic E-state index is -1.69. The summed E-state index contributed by atoms with van der Waals surface area (Å²) in [5.41, 5.74) is 2.79. The van der Waals surface area contributed by atoms with E-state index in [0.29, 0.717) is 23.9 Å². The Morgan fingerprint density at radius 3 is 2.31 bits per heavy atom. The fraction of sp³-hybridized carbons (Fsp3) is 0.0741. The first kappa shape index (κ1) is 24.5. The van der Waals surface area contributed by atoms with Gasteiger partial charge in [-0.05, 0) is 23.8 Å². The van der Waals surface area contributed by atoms with Crippen LogP contribution < -0.4 is 10.6 Å². The Morgan fingerprint density at radius 1 is 0.889 bits per heavy atom. The van der Waals surface area contributed by atoms with Crippen molar-refractivity contribution in [3.8, 4) is 11.3 Å². The maximum Gasteiger partial charge on any atom is 0.244 e. The molecule has 4 aromatic rings. The summed E-state index contributed by atoms with van der Waals surface area (Å²) in [6.07, 6.45) is 4.65. The predicted molar refractivity (Wildman–Crippen MR) is 130 cm³/mol. The number of nitrogens with one attached hydrogen (secondary N) is 2. The van der Waals surface area contributed by atoms with Crippen LogP contribution in [0, 0.1) is 17.5 Å². The van der Waals surface area contributed by atoms with Gasteiger partial charge in [-0.2, -0.15) is 5.10 Å². The van der Waals surface area contributed by atoms with Crippen molar-refractivity contribution < 1.29 is 22.8 Å². The fourth-order valence-electron chi connectivity index (χ4n) is 3.44. The van der Waals surface area contributed by atoms with Gasteiger partial charge in [0.1, 0.15) is 0 Å². The van der Waals surface area contributed by atoms with Crippen LogP contribution in [-0.4, -0.2) is 28.1 Å². The second-order valence-electron chi connectivity index (χ2n) is 7.80. The van der Waals surface area contributed by atoms with Crippen molar-refractivity contribution in [3.63, 3.8) is 0 Å². The smallest absolute Gasteiger partial charge is 0.244 e. The van der Waals surface area contributed by atoms with Gasteiger partial charge in [0, 0.05) is 23.4 Å². The van der Waals surface area contributed by atoms with E-state index in [4.69, 9.17) is 0 Å². The minimum Gasteiger partial charge on any atom is -0.343 e. The molecule has 36 heavy (non-hydrogen) atoms. The number of nitrogens with zero attached hydrogens (tertiary/aromatic N) is 2. The van der Waals surface area contributed by atoms with E-state index in [1.807, 2.05) is 66.9 Å². The van der Waals surface area contributed by atoms with Gasteiger partial charge in [0.05, 0.1) is 24.5 Å². The molecule has 0 aliphatic heterocycles. The topological polar surface area (TPSA) is 76.0 Å². The molecule has 0 saturated heterocycles. The van der Waals surface area contributed by atoms with E-state index < -0.39 is 41.5 Å². The highest BCUT2D eigenvalue weighted by molar-refractivity contribution is 5.98. The lowest BCUT2D eigenvalue weighted by Crippen LogP contribution is -2.32. The third-order valence-electron chi connectivity index (χ3n) is 5.17. The lowest BCUT2D eigenvalue weighted by Gasteiger charge is -2.07. The maximum absolute atomic E-state index is 13.7. The molecule has 0 radical (unpaired) electrons. The van der Waals surface area contributed by atoms with Crippen LogP contribution in [0.25, 0.3) is 17.3 Å². The van der Waals surface area contributed by atoms with Crippen LogP contribution >= 0.6 is 0 Å². The average Bonchev–Trinajstić information content (AvgIpc) is 3.30. The first-order valence-electron chi connectivity index (χ1n) is 11.0. The van der Waals surface area contributed by atoms with Gasteiger partial charge >= 0.3 is 0 Å². The molecule has 6 nitrogen and oxygen atoms in total. The summed E-state index contributed by atoms with van der Waals surface area (Å²) < 4.78 is 41.8. The SMILES string of the molecule is O=C(/C=C/c1cn(Cc2ccccc2)nc1-c1ccccc1)NCC(=O)Nc1ccc(F)c(F)c1F. The fourth-order valence-corrected chi connectivity index (χ4v) is 3.44. The van der Waals surface area contributed by atoms with Crippen LogP contribution in [0.2, 0.25) is 0 Å². The number of amides is 2. The Kier molecular flexibility index (Phi) is 7.60. The van der Waals surface area contributed by atoms with Crippen molar-refractivity contribution >= 4 is 23.6 Å². The largest absolute Gasteiger partial charge is 0.343 e. The number of carbonyl (C=O) groups is 2. The van der Waals surface area contributed by atoms with Crippen LogP contribution in [0.15, 0.2) is 85.1 Å². The Morgan fingerprint density at radius 2 is 1.58 bits per heavy atom. The van der Waals surface area contributed by atoms with Crippen molar-refractivity contribution in [3.05, 3.63) is 114 Å². The van der Waals surface area contributed by atoms with Gasteiger partial charge in [0.15, 0.2) is 17.5 Å². The molecule has 0 bridgehead atoms. The summed E-state index contributed by atoms with van der Waals surface area (Å²) in [5.74, 6) is -5.96. The second kappa shape index (κ2) is 11.2. The Hall–Kier alpha value is -4.66. The van der Waals surface area contributed by atoms with Gasteiger partial charge in [-0.15, -0.1) is 0 Å². The Bertz CT molecular complexity index is 1400. The van der Waals surface area contributed by atoms with Crippen molar-refractivity contribution in [1.82, 2.24) is 15.1 Å². The minimum absolute atomic E-state index is 0.500. The number of benzene rings is 3. The van der Waals surface area contributed by atoms with E-state index in [9.17, 15) is 22.8 Å². The lowest BCUT2D eigenvalue weighted by atomic mass is 10.1. The van der Waals surface area contributed by atoms with Crippen molar-refractivity contribution in [2.24, 2.45) is 0 Å². The van der Waals surface area contributed by atoms with Crippen LogP contribution in [0.5, 0.6) is 0 Å². The third-order valence-corrected chi connectivity index (χ3v) is 5.17. The molecule has 0 aliphatic carbocycles. The van der Waals surface area contributed by atoms with Crippen molar-refractivity contribution in [2.45, 2.75) is 6.54 Å². The van der Waals surface area contributed by atoms with Gasteiger partial charge < -0.3 is 10.6 Å². The molecular weight excluding hydrogens is 469 g/mol. The van der Waals surface area contributed by atoms with Crippen LogP contribution in [0.1, 0.15) is 11.1 Å². The predicted octanol–water partition coefficient (Wildman–Crippen LogP) is 4.78. The summed E-state index contributed by atoms with van der Waals surface area (Å²) in [7, 11) is 0. The average molecular weight is 490 g/mol. The van der Waals surface area contributed by atoms with Gasteiger partial charge in [-0.1, -0.05) is 60.7 Å². The summed E-state index contributed by atoms with van der Waals surface area (Å²) in [5, 5.41) is 9.13. The molecule has 0 fully saturated rings. The maximum atomic E-state index is 13.7. The second-order valence-corrected chi connectivity index (χ2v) is 7.80. The van der Waals surface area contributed by atoms with Gasteiger partial charge in [-0.25, -0.2) is 13.2 Å². The van der Waals surface area contributed by atoms with Gasteiger partial charge in [-0.3, -0.25) is 14.3 Å². The highest BCUT2D eigenvalue weighted by atomic mass is 19.2. The van der Waals surface area contributed by atoms with E-state index >= 15 is 0 Å². The number of anilines is 1. The Balaban J connectivity index is 1.43. The molecule has 3 aromatic carbocycles. The molecule has 0 saturated carbocycles. The number of carbonyl (C=O) groups excluding carboxylic acids is 2. The molecule has 0 unspecified atom stereocenters. The van der Waals surface area contributed by atoms with Crippen LogP contribution in [0.3, 0.4) is 0 Å². The monoisotopic (exact) mass is 490 g/mol. The first-order chi connectivity index (χ1) is 17.4. The molecule has 0 atom stereocenters. The molecule has 182 valence electrons. The molecule has 4 rings (SSSR count). The molecule has 0 aliphatic rings. The number of hydrogen-bond donors (Lipinski definition) is 2. The number of hydrogen-bond acceptors (Lipinski definition) is 3. The summed E-state index contributed by atoms with van der Waals surface area (Å²) >= 11 is 0. The number of halogens is 3. The molecule has 9 heteroatoms. The normalized spacial score (nSPS) is 11.0. The molecule has 2 amide bonds. The number of rotatable bonds is 8. The molecule has 1 aromatic heterocycles. The van der Waals surface area contributed by atoms with Gasteiger partial charge in [0.25, 0.3) is 0 Å². The first-order valence-corrected chi connectivity index (χ1v) is 11.0. The standard InChI is InChI=1S/C27H21F3N4O2/c28-21-12-13-22(26(30)25(21)29)32-24(36)15-31-23(35)14-11-20-17-34(16-18-7-3-1-4-8-18)33-27(20)19-9-5-2-6-10-19/h1-14,17H,15-16H2,(H,31,35)(H,32,36)/b14-11+. The van der Waals surface area contributed by atoms with Crippen molar-refractivity contribution in [2.75, 3.05) is 11.9 Å². The van der Waals surface area contributed by atoms with Crippen LogP contribution in [-0.2, 0) is 16.1 Å². The molecular formula is C27H21F3N4O2. The Labute approximate surface area is 205 Å². The summed E-state index contributed by atoms with van der Waals surface area (Å²) in [4.78, 5) is 24.3. The molecule has 0 spiro atoms. The van der Waals surface area contributed by atoms with E-state index in [0.717, 1.165) is 17.2 Å². The third kappa shape index (κ3) is 6.06. The lowest BCUT2D eigenvalue weighted by molar-refractivity contribution is -0.121. The zero-order valence-corrected chi connectivity index (χ0v) is 18.9. The zero-order chi connectivity index (χ0) is 25.5. The summed E-state index contributed by atoms with van der Waals surface area (Å²) in [6.45, 7) is 0.0435. The van der Waals surface area contributed by atoms with Gasteiger partial charge in [0.2, 0.25) is 11.8 Å². The van der Waals surface area contributed by atoms with E-state index in [1.54, 1.807) is 10.8 Å². The highest BCUT2D eigenvalue weighted by Gasteiger charge is 2.15. The van der Waals surface area contributed by atoms with E-state index in [-0.39, 0.29) is 0 Å². The van der Waals surface area contributed by atoms with E-state index in [1.165, 1.54) is 6.08 Å². The quantitative estimate of drug-likeness (QED) is 0.276. The molecule has 2 N–H and O–H groups in total. The zero-order valence-electron chi connectivity index (χ0n) is 18.9. The number of aromatic nitrogens is 2. The van der Waals surface area contributed by atoms with Crippen LogP contribution in [0.4, 0.5) is 18.9 Å².